The van der Waals surface area contributed by atoms with Crippen molar-refractivity contribution in [1.82, 2.24) is 0 Å². The second-order valence-corrected chi connectivity index (χ2v) is 5.92. The number of amides is 1. The number of nitrogens with one attached hydrogen (secondary N) is 1. The predicted molar refractivity (Wildman–Crippen MR) is 98.1 cm³/mol. The van der Waals surface area contributed by atoms with Crippen LogP contribution in [0.4, 0.5) is 5.69 Å². The first-order chi connectivity index (χ1) is 12.5. The van der Waals surface area contributed by atoms with E-state index in [0.717, 1.165) is 11.1 Å². The molecule has 1 aromatic heterocycles. The van der Waals surface area contributed by atoms with Crippen LogP contribution in [0.1, 0.15) is 45.1 Å². The van der Waals surface area contributed by atoms with E-state index in [1.165, 1.54) is 6.26 Å². The van der Waals surface area contributed by atoms with Gasteiger partial charge in [0.1, 0.15) is 6.10 Å². The number of esters is 1. The summed E-state index contributed by atoms with van der Waals surface area (Å²) >= 11 is 0. The number of ether oxygens (including phenoxy) is 1. The number of rotatable bonds is 5. The van der Waals surface area contributed by atoms with Gasteiger partial charge in [-0.2, -0.15) is 0 Å². The Hall–Kier alpha value is -3.34. The molecule has 5 nitrogen and oxygen atoms in total. The summed E-state index contributed by atoms with van der Waals surface area (Å²) < 4.78 is 10.6. The van der Waals surface area contributed by atoms with Crippen LogP contribution in [-0.4, -0.2) is 11.9 Å². The molecular formula is C21H19NO4. The normalized spacial score (nSPS) is 11.6. The molecule has 26 heavy (non-hydrogen) atoms. The quantitative estimate of drug-likeness (QED) is 0.674. The van der Waals surface area contributed by atoms with E-state index >= 15 is 0 Å². The third kappa shape index (κ3) is 4.00. The van der Waals surface area contributed by atoms with Crippen molar-refractivity contribution in [1.29, 1.82) is 0 Å². The van der Waals surface area contributed by atoms with Crippen LogP contribution in [0.25, 0.3) is 0 Å². The van der Waals surface area contributed by atoms with Gasteiger partial charge in [-0.15, -0.1) is 0 Å². The molecule has 3 rings (SSSR count). The summed E-state index contributed by atoms with van der Waals surface area (Å²) in [5, 5.41) is 2.75. The Kier molecular flexibility index (Phi) is 5.17. The van der Waals surface area contributed by atoms with Crippen molar-refractivity contribution in [3.05, 3.63) is 89.4 Å². The molecule has 2 aromatic carbocycles. The zero-order valence-electron chi connectivity index (χ0n) is 14.6. The summed E-state index contributed by atoms with van der Waals surface area (Å²) in [5.74, 6) is -0.619. The molecule has 0 aliphatic carbocycles. The highest BCUT2D eigenvalue weighted by atomic mass is 16.5. The highest BCUT2D eigenvalue weighted by Crippen LogP contribution is 2.22. The molecule has 3 aromatic rings. The minimum absolute atomic E-state index is 0.204. The lowest BCUT2D eigenvalue weighted by atomic mass is 10.1. The molecule has 1 amide bonds. The average Bonchev–Trinajstić information content (AvgIpc) is 3.19. The van der Waals surface area contributed by atoms with Gasteiger partial charge in [-0.05, 0) is 49.2 Å². The molecule has 0 aliphatic heterocycles. The Morgan fingerprint density at radius 2 is 1.81 bits per heavy atom. The van der Waals surface area contributed by atoms with Crippen LogP contribution >= 0.6 is 0 Å². The van der Waals surface area contributed by atoms with Crippen molar-refractivity contribution in [2.75, 3.05) is 5.32 Å². The fraction of sp³-hybridized carbons (Fsp3) is 0.143. The Balaban J connectivity index is 1.74. The number of aryl methyl sites for hydroxylation is 1. The molecule has 1 heterocycles. The third-order valence-corrected chi connectivity index (χ3v) is 4.02. The molecular weight excluding hydrogens is 330 g/mol. The molecule has 1 atom stereocenters. The Morgan fingerprint density at radius 1 is 1.04 bits per heavy atom. The summed E-state index contributed by atoms with van der Waals surface area (Å²) in [4.78, 5) is 24.6. The van der Waals surface area contributed by atoms with Gasteiger partial charge in [-0.1, -0.05) is 36.4 Å². The van der Waals surface area contributed by atoms with E-state index < -0.39 is 5.97 Å². The lowest BCUT2D eigenvalue weighted by Crippen LogP contribution is -2.14. The summed E-state index contributed by atoms with van der Waals surface area (Å²) in [7, 11) is 0. The van der Waals surface area contributed by atoms with Crippen LogP contribution in [-0.2, 0) is 4.74 Å². The summed E-state index contributed by atoms with van der Waals surface area (Å²) in [6.45, 7) is 3.67. The molecule has 0 bridgehead atoms. The van der Waals surface area contributed by atoms with Crippen molar-refractivity contribution in [2.45, 2.75) is 20.0 Å². The van der Waals surface area contributed by atoms with E-state index in [2.05, 4.69) is 5.32 Å². The van der Waals surface area contributed by atoms with Crippen molar-refractivity contribution >= 4 is 17.6 Å². The van der Waals surface area contributed by atoms with Crippen molar-refractivity contribution < 1.29 is 18.7 Å². The number of carbonyl (C=O) groups excluding carboxylic acids is 2. The van der Waals surface area contributed by atoms with Gasteiger partial charge in [0.2, 0.25) is 0 Å². The number of hydrogen-bond acceptors (Lipinski definition) is 4. The molecule has 0 aliphatic rings. The first-order valence-electron chi connectivity index (χ1n) is 8.26. The summed E-state index contributed by atoms with van der Waals surface area (Å²) in [6, 6.07) is 17.8. The molecule has 0 spiro atoms. The standard InChI is InChI=1S/C21H19NO4/c1-14-10-11-17(13-18(14)22-20(23)19-9-6-12-25-19)21(24)26-15(2)16-7-4-3-5-8-16/h3-13,15H,1-2H3,(H,22,23). The molecule has 0 saturated heterocycles. The lowest BCUT2D eigenvalue weighted by molar-refractivity contribution is 0.0338. The molecule has 0 radical (unpaired) electrons. The first-order valence-corrected chi connectivity index (χ1v) is 8.26. The Morgan fingerprint density at radius 3 is 2.50 bits per heavy atom. The zero-order chi connectivity index (χ0) is 18.5. The maximum atomic E-state index is 12.5. The van der Waals surface area contributed by atoms with Crippen molar-refractivity contribution in [3.8, 4) is 0 Å². The third-order valence-electron chi connectivity index (χ3n) is 4.02. The molecule has 0 saturated carbocycles. The fourth-order valence-electron chi connectivity index (χ4n) is 2.50. The van der Waals surface area contributed by atoms with Gasteiger partial charge in [0.15, 0.2) is 5.76 Å². The Labute approximate surface area is 151 Å². The van der Waals surface area contributed by atoms with Gasteiger partial charge in [-0.25, -0.2) is 4.79 Å². The predicted octanol–water partition coefficient (Wildman–Crippen LogP) is 4.76. The van der Waals surface area contributed by atoms with E-state index in [-0.39, 0.29) is 17.8 Å². The van der Waals surface area contributed by atoms with Crippen LogP contribution in [0.3, 0.4) is 0 Å². The van der Waals surface area contributed by atoms with Gasteiger partial charge in [0.25, 0.3) is 5.91 Å². The molecule has 5 heteroatoms. The van der Waals surface area contributed by atoms with E-state index in [0.29, 0.717) is 11.3 Å². The van der Waals surface area contributed by atoms with Crippen LogP contribution in [0.2, 0.25) is 0 Å². The average molecular weight is 349 g/mol. The lowest BCUT2D eigenvalue weighted by Gasteiger charge is -2.15. The Bertz CT molecular complexity index is 901. The molecule has 1 N–H and O–H groups in total. The van der Waals surface area contributed by atoms with Crippen LogP contribution < -0.4 is 5.32 Å². The second-order valence-electron chi connectivity index (χ2n) is 5.92. The van der Waals surface area contributed by atoms with E-state index in [1.807, 2.05) is 44.2 Å². The summed E-state index contributed by atoms with van der Waals surface area (Å²) in [6.07, 6.45) is 1.06. The fourth-order valence-corrected chi connectivity index (χ4v) is 2.50. The molecule has 1 unspecified atom stereocenters. The zero-order valence-corrected chi connectivity index (χ0v) is 14.6. The van der Waals surface area contributed by atoms with Gasteiger partial charge < -0.3 is 14.5 Å². The maximum Gasteiger partial charge on any atom is 0.338 e. The maximum absolute atomic E-state index is 12.5. The van der Waals surface area contributed by atoms with Gasteiger partial charge in [0, 0.05) is 5.69 Å². The summed E-state index contributed by atoms with van der Waals surface area (Å²) in [5.41, 5.74) is 2.65. The number of furan rings is 1. The number of hydrogen-bond donors (Lipinski definition) is 1. The highest BCUT2D eigenvalue weighted by molar-refractivity contribution is 6.03. The first kappa shape index (κ1) is 17.5. The second kappa shape index (κ2) is 7.70. The van der Waals surface area contributed by atoms with Crippen LogP contribution in [0.5, 0.6) is 0 Å². The molecule has 0 fully saturated rings. The van der Waals surface area contributed by atoms with E-state index in [4.69, 9.17) is 9.15 Å². The topological polar surface area (TPSA) is 68.5 Å². The molecule has 132 valence electrons. The van der Waals surface area contributed by atoms with Gasteiger partial charge >= 0.3 is 5.97 Å². The number of anilines is 1. The van der Waals surface area contributed by atoms with Gasteiger partial charge in [-0.3, -0.25) is 4.79 Å². The van der Waals surface area contributed by atoms with Crippen molar-refractivity contribution in [2.24, 2.45) is 0 Å². The van der Waals surface area contributed by atoms with E-state index in [1.54, 1.807) is 30.3 Å². The van der Waals surface area contributed by atoms with Crippen LogP contribution in [0, 0.1) is 6.92 Å². The minimum atomic E-state index is -0.449. The van der Waals surface area contributed by atoms with Gasteiger partial charge in [0.05, 0.1) is 11.8 Å². The monoisotopic (exact) mass is 349 g/mol. The largest absolute Gasteiger partial charge is 0.459 e. The van der Waals surface area contributed by atoms with E-state index in [9.17, 15) is 9.59 Å². The smallest absolute Gasteiger partial charge is 0.338 e. The number of benzene rings is 2. The highest BCUT2D eigenvalue weighted by Gasteiger charge is 2.16. The van der Waals surface area contributed by atoms with Crippen LogP contribution in [0.15, 0.2) is 71.3 Å². The number of carbonyl (C=O) groups is 2. The SMILES string of the molecule is Cc1ccc(C(=O)OC(C)c2ccccc2)cc1NC(=O)c1ccco1. The van der Waals surface area contributed by atoms with Crippen molar-refractivity contribution in [3.63, 3.8) is 0 Å². The minimum Gasteiger partial charge on any atom is -0.459 e.